The first-order chi connectivity index (χ1) is 9.15. The Balaban J connectivity index is 2.20. The molecule has 1 atom stereocenters. The third kappa shape index (κ3) is 4.09. The Morgan fingerprint density at radius 3 is 2.37 bits per heavy atom. The molecule has 1 saturated carbocycles. The molecule has 1 fully saturated rings. The molecule has 2 rings (SSSR count). The van der Waals surface area contributed by atoms with E-state index in [1.807, 2.05) is 12.1 Å². The molecule has 1 aromatic rings. The average Bonchev–Trinajstić information content (AvgIpc) is 3.17. The van der Waals surface area contributed by atoms with Crippen LogP contribution < -0.4 is 5.73 Å². The summed E-state index contributed by atoms with van der Waals surface area (Å²) in [5.41, 5.74) is 7.16. The van der Waals surface area contributed by atoms with Crippen LogP contribution >= 0.6 is 23.2 Å². The average molecular weight is 301 g/mol. The molecule has 1 aliphatic rings. The fourth-order valence-electron chi connectivity index (χ4n) is 2.57. The van der Waals surface area contributed by atoms with Crippen LogP contribution in [-0.4, -0.2) is 24.0 Å². The summed E-state index contributed by atoms with van der Waals surface area (Å²) in [5.74, 6) is 0. The summed E-state index contributed by atoms with van der Waals surface area (Å²) < 4.78 is 0. The number of hydrogen-bond acceptors (Lipinski definition) is 2. The molecule has 0 bridgehead atoms. The Kier molecular flexibility index (Phi) is 5.52. The van der Waals surface area contributed by atoms with Crippen LogP contribution in [0, 0.1) is 0 Å². The first-order valence-corrected chi connectivity index (χ1v) is 7.83. The van der Waals surface area contributed by atoms with Gasteiger partial charge in [-0.05, 0) is 49.6 Å². The number of unbranched alkanes of at least 4 members (excludes halogenated alkanes) is 1. The molecule has 1 aromatic carbocycles. The molecule has 106 valence electrons. The predicted octanol–water partition coefficient (Wildman–Crippen LogP) is 4.26. The minimum Gasteiger partial charge on any atom is -0.329 e. The van der Waals surface area contributed by atoms with Crippen molar-refractivity contribution in [1.82, 2.24) is 4.90 Å². The van der Waals surface area contributed by atoms with Gasteiger partial charge in [-0.1, -0.05) is 36.5 Å². The lowest BCUT2D eigenvalue weighted by atomic mass is 10.0. The molecule has 19 heavy (non-hydrogen) atoms. The lowest BCUT2D eigenvalue weighted by Gasteiger charge is -2.31. The van der Waals surface area contributed by atoms with Gasteiger partial charge in [0.15, 0.2) is 0 Å². The number of rotatable bonds is 7. The maximum Gasteiger partial charge on any atom is 0.0474 e. The molecular formula is C15H22Cl2N2. The molecule has 1 aliphatic carbocycles. The van der Waals surface area contributed by atoms with E-state index in [1.165, 1.54) is 25.7 Å². The van der Waals surface area contributed by atoms with Gasteiger partial charge in [0.25, 0.3) is 0 Å². The van der Waals surface area contributed by atoms with Gasteiger partial charge in [-0.15, -0.1) is 0 Å². The van der Waals surface area contributed by atoms with Gasteiger partial charge in [-0.3, -0.25) is 4.90 Å². The highest BCUT2D eigenvalue weighted by Gasteiger charge is 2.33. The molecule has 0 heterocycles. The monoisotopic (exact) mass is 300 g/mol. The van der Waals surface area contributed by atoms with E-state index < -0.39 is 0 Å². The van der Waals surface area contributed by atoms with E-state index >= 15 is 0 Å². The van der Waals surface area contributed by atoms with Crippen LogP contribution in [0.15, 0.2) is 18.2 Å². The van der Waals surface area contributed by atoms with E-state index in [4.69, 9.17) is 28.9 Å². The minimum atomic E-state index is 0.232. The van der Waals surface area contributed by atoms with E-state index in [9.17, 15) is 0 Å². The van der Waals surface area contributed by atoms with Crippen molar-refractivity contribution in [2.45, 2.75) is 44.7 Å². The Hall–Kier alpha value is -0.280. The zero-order valence-corrected chi connectivity index (χ0v) is 12.9. The molecule has 0 aromatic heterocycles. The van der Waals surface area contributed by atoms with E-state index in [1.54, 1.807) is 6.07 Å². The fourth-order valence-corrected chi connectivity index (χ4v) is 3.11. The Morgan fingerprint density at radius 2 is 1.89 bits per heavy atom. The van der Waals surface area contributed by atoms with Crippen molar-refractivity contribution < 1.29 is 0 Å². The summed E-state index contributed by atoms with van der Waals surface area (Å²) in [4.78, 5) is 2.53. The molecular weight excluding hydrogens is 279 g/mol. The van der Waals surface area contributed by atoms with E-state index in [2.05, 4.69) is 11.8 Å². The molecule has 0 aliphatic heterocycles. The van der Waals surface area contributed by atoms with Crippen LogP contribution in [0.4, 0.5) is 0 Å². The molecule has 0 spiro atoms. The van der Waals surface area contributed by atoms with Crippen molar-refractivity contribution in [3.63, 3.8) is 0 Å². The number of nitrogens with two attached hydrogens (primary N) is 1. The highest BCUT2D eigenvalue weighted by atomic mass is 35.5. The van der Waals surface area contributed by atoms with Crippen LogP contribution in [0.2, 0.25) is 10.0 Å². The van der Waals surface area contributed by atoms with Crippen LogP contribution in [-0.2, 0) is 0 Å². The highest BCUT2D eigenvalue weighted by molar-refractivity contribution is 6.34. The summed E-state index contributed by atoms with van der Waals surface area (Å²) in [6, 6.07) is 6.68. The predicted molar refractivity (Wildman–Crippen MR) is 82.9 cm³/mol. The summed E-state index contributed by atoms with van der Waals surface area (Å²) in [6.45, 7) is 3.93. The van der Waals surface area contributed by atoms with Gasteiger partial charge >= 0.3 is 0 Å². The molecule has 4 heteroatoms. The van der Waals surface area contributed by atoms with Crippen LogP contribution in [0.25, 0.3) is 0 Å². The smallest absolute Gasteiger partial charge is 0.0474 e. The molecule has 0 saturated heterocycles. The fraction of sp³-hybridized carbons (Fsp3) is 0.600. The Bertz CT molecular complexity index is 398. The zero-order chi connectivity index (χ0) is 13.8. The van der Waals surface area contributed by atoms with Crippen molar-refractivity contribution in [3.8, 4) is 0 Å². The minimum absolute atomic E-state index is 0.232. The van der Waals surface area contributed by atoms with E-state index in [-0.39, 0.29) is 6.04 Å². The van der Waals surface area contributed by atoms with Crippen molar-refractivity contribution in [3.05, 3.63) is 33.8 Å². The summed E-state index contributed by atoms with van der Waals surface area (Å²) in [7, 11) is 0. The molecule has 0 radical (unpaired) electrons. The van der Waals surface area contributed by atoms with E-state index in [0.29, 0.717) is 22.6 Å². The standard InChI is InChI=1S/C15H22Cl2N2/c1-2-3-6-19(14-4-5-14)15(10-18)11-7-12(16)9-13(17)8-11/h7-9,14-15H,2-6,10,18H2,1H3. The van der Waals surface area contributed by atoms with Gasteiger partial charge in [0, 0.05) is 28.7 Å². The number of benzene rings is 1. The second kappa shape index (κ2) is 6.94. The summed E-state index contributed by atoms with van der Waals surface area (Å²) in [6.07, 6.45) is 4.99. The quantitative estimate of drug-likeness (QED) is 0.815. The lowest BCUT2D eigenvalue weighted by Crippen LogP contribution is -2.36. The number of halogens is 2. The first-order valence-electron chi connectivity index (χ1n) is 7.07. The van der Waals surface area contributed by atoms with Gasteiger partial charge in [0.05, 0.1) is 0 Å². The molecule has 0 amide bonds. The molecule has 1 unspecified atom stereocenters. The van der Waals surface area contributed by atoms with Gasteiger partial charge in [-0.2, -0.15) is 0 Å². The third-order valence-corrected chi connectivity index (χ3v) is 4.12. The number of hydrogen-bond donors (Lipinski definition) is 1. The summed E-state index contributed by atoms with van der Waals surface area (Å²) in [5, 5.41) is 1.37. The van der Waals surface area contributed by atoms with Crippen molar-refractivity contribution in [1.29, 1.82) is 0 Å². The van der Waals surface area contributed by atoms with Gasteiger partial charge < -0.3 is 5.73 Å². The maximum atomic E-state index is 6.11. The van der Waals surface area contributed by atoms with Gasteiger partial charge in [0.1, 0.15) is 0 Å². The lowest BCUT2D eigenvalue weighted by molar-refractivity contribution is 0.188. The van der Waals surface area contributed by atoms with Crippen LogP contribution in [0.3, 0.4) is 0 Å². The second-order valence-corrected chi connectivity index (χ2v) is 6.15. The largest absolute Gasteiger partial charge is 0.329 e. The zero-order valence-electron chi connectivity index (χ0n) is 11.4. The molecule has 2 N–H and O–H groups in total. The van der Waals surface area contributed by atoms with Gasteiger partial charge in [-0.25, -0.2) is 0 Å². The summed E-state index contributed by atoms with van der Waals surface area (Å²) >= 11 is 12.2. The van der Waals surface area contributed by atoms with Crippen LogP contribution in [0.1, 0.15) is 44.2 Å². The van der Waals surface area contributed by atoms with Crippen molar-refractivity contribution in [2.75, 3.05) is 13.1 Å². The normalized spacial score (nSPS) is 16.9. The third-order valence-electron chi connectivity index (χ3n) is 3.68. The van der Waals surface area contributed by atoms with E-state index in [0.717, 1.165) is 12.1 Å². The number of nitrogens with zero attached hydrogens (tertiary/aromatic N) is 1. The Morgan fingerprint density at radius 1 is 1.26 bits per heavy atom. The second-order valence-electron chi connectivity index (χ2n) is 5.28. The Labute approximate surface area is 125 Å². The van der Waals surface area contributed by atoms with Crippen molar-refractivity contribution in [2.24, 2.45) is 5.73 Å². The topological polar surface area (TPSA) is 29.3 Å². The highest BCUT2D eigenvalue weighted by Crippen LogP contribution is 2.35. The maximum absolute atomic E-state index is 6.11. The van der Waals surface area contributed by atoms with Crippen molar-refractivity contribution >= 4 is 23.2 Å². The van der Waals surface area contributed by atoms with Gasteiger partial charge in [0.2, 0.25) is 0 Å². The van der Waals surface area contributed by atoms with Crippen LogP contribution in [0.5, 0.6) is 0 Å². The SMILES string of the molecule is CCCCN(C1CC1)C(CN)c1cc(Cl)cc(Cl)c1. The molecule has 2 nitrogen and oxygen atoms in total. The first kappa shape index (κ1) is 15.1.